The molecule has 2 aromatic carbocycles. The Kier molecular flexibility index (Phi) is 4.98. The molecule has 1 amide bonds. The number of anilines is 1. The average Bonchev–Trinajstić information content (AvgIpc) is 3.05. The molecule has 0 aliphatic heterocycles. The molecule has 0 saturated heterocycles. The summed E-state index contributed by atoms with van der Waals surface area (Å²) in [4.78, 5) is 27.4. The largest absolute Gasteiger partial charge is 0.449 e. The number of ether oxygens (including phenoxy) is 1. The maximum Gasteiger partial charge on any atom is 0.341 e. The van der Waals surface area contributed by atoms with Gasteiger partial charge in [-0.2, -0.15) is 0 Å². The Hall–Kier alpha value is -3.17. The van der Waals surface area contributed by atoms with E-state index in [-0.39, 0.29) is 10.6 Å². The zero-order chi connectivity index (χ0) is 19.6. The summed E-state index contributed by atoms with van der Waals surface area (Å²) < 4.78 is 28.0. The van der Waals surface area contributed by atoms with Crippen LogP contribution in [0.2, 0.25) is 0 Å². The molecule has 0 radical (unpaired) electrons. The van der Waals surface area contributed by atoms with Crippen molar-refractivity contribution in [2.24, 2.45) is 5.14 Å². The molecule has 1 aromatic heterocycles. The number of esters is 1. The summed E-state index contributed by atoms with van der Waals surface area (Å²) in [5.41, 5.74) is 1.32. The number of aromatic amines is 1. The zero-order valence-electron chi connectivity index (χ0n) is 14.3. The van der Waals surface area contributed by atoms with E-state index in [0.29, 0.717) is 10.9 Å². The summed E-state index contributed by atoms with van der Waals surface area (Å²) in [6, 6.07) is 12.7. The van der Waals surface area contributed by atoms with E-state index < -0.39 is 28.0 Å². The Balaban J connectivity index is 1.70. The minimum absolute atomic E-state index is 0.135. The number of nitrogens with two attached hydrogens (primary N) is 1. The summed E-state index contributed by atoms with van der Waals surface area (Å²) in [5, 5.41) is 8.26. The monoisotopic (exact) mass is 387 g/mol. The summed E-state index contributed by atoms with van der Waals surface area (Å²) in [6.07, 6.45) is 0.428. The number of para-hydroxylation sites is 1. The van der Waals surface area contributed by atoms with Gasteiger partial charge in [-0.25, -0.2) is 18.4 Å². The number of carbonyl (C=O) groups excluding carboxylic acids is 2. The molecule has 9 heteroatoms. The highest BCUT2D eigenvalue weighted by atomic mass is 32.2. The Morgan fingerprint density at radius 1 is 1.15 bits per heavy atom. The predicted octanol–water partition coefficient (Wildman–Crippen LogP) is 2.00. The molecule has 1 heterocycles. The lowest BCUT2D eigenvalue weighted by molar-refractivity contribution is -0.123. The normalized spacial score (nSPS) is 12.5. The molecule has 3 rings (SSSR count). The molecule has 1 atom stereocenters. The third kappa shape index (κ3) is 4.15. The number of aromatic nitrogens is 1. The van der Waals surface area contributed by atoms with Crippen LogP contribution in [-0.2, 0) is 19.6 Å². The lowest BCUT2D eigenvalue weighted by Gasteiger charge is -2.13. The molecule has 27 heavy (non-hydrogen) atoms. The van der Waals surface area contributed by atoms with Gasteiger partial charge in [-0.05, 0) is 31.2 Å². The number of amides is 1. The van der Waals surface area contributed by atoms with Crippen LogP contribution in [0.15, 0.2) is 59.6 Å². The van der Waals surface area contributed by atoms with Crippen molar-refractivity contribution in [3.05, 3.63) is 60.3 Å². The Labute approximate surface area is 155 Å². The molecule has 140 valence electrons. The SMILES string of the molecule is C[C@@H](OC(=O)c1c[nH]c2ccccc12)C(=O)Nc1cccc(S(N)(=O)=O)c1. The highest BCUT2D eigenvalue weighted by Gasteiger charge is 2.21. The van der Waals surface area contributed by atoms with Gasteiger partial charge >= 0.3 is 5.97 Å². The number of primary sulfonamides is 1. The molecular formula is C18H17N3O5S. The van der Waals surface area contributed by atoms with Gasteiger partial charge < -0.3 is 15.0 Å². The fourth-order valence-electron chi connectivity index (χ4n) is 2.51. The Morgan fingerprint density at radius 2 is 1.89 bits per heavy atom. The number of benzene rings is 2. The fraction of sp³-hybridized carbons (Fsp3) is 0.111. The number of carbonyl (C=O) groups is 2. The number of hydrogen-bond donors (Lipinski definition) is 3. The first-order valence-electron chi connectivity index (χ1n) is 7.96. The summed E-state index contributed by atoms with van der Waals surface area (Å²) in [6.45, 7) is 1.42. The smallest absolute Gasteiger partial charge is 0.341 e. The van der Waals surface area contributed by atoms with Crippen LogP contribution < -0.4 is 10.5 Å². The number of rotatable bonds is 5. The average molecular weight is 387 g/mol. The van der Waals surface area contributed by atoms with Crippen LogP contribution in [0.4, 0.5) is 5.69 Å². The lowest BCUT2D eigenvalue weighted by atomic mass is 10.2. The van der Waals surface area contributed by atoms with Gasteiger partial charge in [-0.3, -0.25) is 4.79 Å². The molecule has 0 fully saturated rings. The van der Waals surface area contributed by atoms with Gasteiger partial charge in [-0.15, -0.1) is 0 Å². The van der Waals surface area contributed by atoms with E-state index >= 15 is 0 Å². The van der Waals surface area contributed by atoms with Crippen molar-refractivity contribution in [2.75, 3.05) is 5.32 Å². The minimum atomic E-state index is -3.89. The summed E-state index contributed by atoms with van der Waals surface area (Å²) >= 11 is 0. The number of sulfonamides is 1. The summed E-state index contributed by atoms with van der Waals surface area (Å²) in [7, 11) is -3.89. The molecule has 0 unspecified atom stereocenters. The van der Waals surface area contributed by atoms with Crippen molar-refractivity contribution >= 4 is 38.5 Å². The second-order valence-electron chi connectivity index (χ2n) is 5.86. The van der Waals surface area contributed by atoms with Gasteiger partial charge in [0.05, 0.1) is 10.5 Å². The predicted molar refractivity (Wildman–Crippen MR) is 99.6 cm³/mol. The third-order valence-corrected chi connectivity index (χ3v) is 4.80. The van der Waals surface area contributed by atoms with E-state index in [1.54, 1.807) is 12.1 Å². The van der Waals surface area contributed by atoms with Crippen molar-refractivity contribution in [2.45, 2.75) is 17.9 Å². The van der Waals surface area contributed by atoms with Crippen molar-refractivity contribution in [1.29, 1.82) is 0 Å². The standard InChI is InChI=1S/C18H17N3O5S/c1-11(17(22)21-12-5-4-6-13(9-12)27(19,24)25)26-18(23)15-10-20-16-8-3-2-7-14(15)16/h2-11,20H,1H3,(H,21,22)(H2,19,24,25)/t11-/m1/s1. The van der Waals surface area contributed by atoms with Crippen molar-refractivity contribution < 1.29 is 22.7 Å². The minimum Gasteiger partial charge on any atom is -0.449 e. The van der Waals surface area contributed by atoms with E-state index in [9.17, 15) is 18.0 Å². The van der Waals surface area contributed by atoms with Crippen LogP contribution in [0.1, 0.15) is 17.3 Å². The van der Waals surface area contributed by atoms with Gasteiger partial charge in [-0.1, -0.05) is 24.3 Å². The highest BCUT2D eigenvalue weighted by Crippen LogP contribution is 2.19. The van der Waals surface area contributed by atoms with E-state index in [1.807, 2.05) is 12.1 Å². The Bertz CT molecular complexity index is 1120. The van der Waals surface area contributed by atoms with Crippen LogP contribution >= 0.6 is 0 Å². The number of H-pyrrole nitrogens is 1. The summed E-state index contributed by atoms with van der Waals surface area (Å²) in [5.74, 6) is -1.25. The number of fused-ring (bicyclic) bond motifs is 1. The molecule has 0 aliphatic carbocycles. The maximum atomic E-state index is 12.4. The van der Waals surface area contributed by atoms with Crippen LogP contribution in [0.5, 0.6) is 0 Å². The van der Waals surface area contributed by atoms with Crippen LogP contribution in [0.25, 0.3) is 10.9 Å². The topological polar surface area (TPSA) is 131 Å². The Morgan fingerprint density at radius 3 is 2.63 bits per heavy atom. The zero-order valence-corrected chi connectivity index (χ0v) is 15.1. The van der Waals surface area contributed by atoms with Crippen LogP contribution in [-0.4, -0.2) is 31.4 Å². The molecule has 0 bridgehead atoms. The maximum absolute atomic E-state index is 12.4. The molecule has 3 aromatic rings. The quantitative estimate of drug-likeness (QED) is 0.576. The molecule has 0 spiro atoms. The van der Waals surface area contributed by atoms with E-state index in [4.69, 9.17) is 9.88 Å². The van der Waals surface area contributed by atoms with Gasteiger partial charge in [0.15, 0.2) is 6.10 Å². The highest BCUT2D eigenvalue weighted by molar-refractivity contribution is 7.89. The van der Waals surface area contributed by atoms with Crippen molar-refractivity contribution in [1.82, 2.24) is 4.98 Å². The fourth-order valence-corrected chi connectivity index (χ4v) is 3.07. The lowest BCUT2D eigenvalue weighted by Crippen LogP contribution is -2.30. The second kappa shape index (κ2) is 7.22. The number of hydrogen-bond acceptors (Lipinski definition) is 5. The van der Waals surface area contributed by atoms with Crippen LogP contribution in [0, 0.1) is 0 Å². The third-order valence-electron chi connectivity index (χ3n) is 3.89. The van der Waals surface area contributed by atoms with Crippen molar-refractivity contribution in [3.63, 3.8) is 0 Å². The van der Waals surface area contributed by atoms with Gasteiger partial charge in [0.1, 0.15) is 0 Å². The van der Waals surface area contributed by atoms with E-state index in [0.717, 1.165) is 5.52 Å². The second-order valence-corrected chi connectivity index (χ2v) is 7.42. The first kappa shape index (κ1) is 18.6. The first-order chi connectivity index (χ1) is 12.8. The van der Waals surface area contributed by atoms with Gasteiger partial charge in [0, 0.05) is 22.8 Å². The van der Waals surface area contributed by atoms with Gasteiger partial charge in [0.2, 0.25) is 10.0 Å². The number of nitrogens with one attached hydrogen (secondary N) is 2. The molecule has 8 nitrogen and oxygen atoms in total. The molecule has 0 saturated carbocycles. The van der Waals surface area contributed by atoms with Crippen LogP contribution in [0.3, 0.4) is 0 Å². The van der Waals surface area contributed by atoms with E-state index in [2.05, 4.69) is 10.3 Å². The first-order valence-corrected chi connectivity index (χ1v) is 9.51. The van der Waals surface area contributed by atoms with E-state index in [1.165, 1.54) is 37.4 Å². The van der Waals surface area contributed by atoms with Crippen molar-refractivity contribution in [3.8, 4) is 0 Å². The molecule has 4 N–H and O–H groups in total. The van der Waals surface area contributed by atoms with Gasteiger partial charge in [0.25, 0.3) is 5.91 Å². The molecule has 0 aliphatic rings. The molecular weight excluding hydrogens is 370 g/mol.